The lowest BCUT2D eigenvalue weighted by atomic mass is 9.78. The molecule has 3 saturated heterocycles. The molecule has 3 aliphatic rings. The van der Waals surface area contributed by atoms with Gasteiger partial charge in [-0.05, 0) is 42.6 Å². The Labute approximate surface area is 202 Å². The summed E-state index contributed by atoms with van der Waals surface area (Å²) in [5, 5.41) is 10.9. The Morgan fingerprint density at radius 3 is 2.54 bits per heavy atom. The fourth-order valence-corrected chi connectivity index (χ4v) is 5.82. The fraction of sp³-hybridized carbons (Fsp3) is 0.346. The number of nitrogens with zero attached hydrogens (tertiary/aromatic N) is 3. The molecule has 3 fully saturated rings. The molecular formula is C26H25N3O6. The molecule has 35 heavy (non-hydrogen) atoms. The number of nitro groups is 1. The van der Waals surface area contributed by atoms with Crippen molar-refractivity contribution < 1.29 is 24.0 Å². The average Bonchev–Trinajstić information content (AvgIpc) is 3.48. The lowest BCUT2D eigenvalue weighted by molar-refractivity contribution is -0.384. The summed E-state index contributed by atoms with van der Waals surface area (Å²) in [6.07, 6.45) is 4.76. The van der Waals surface area contributed by atoms with Crippen LogP contribution in [-0.2, 0) is 25.7 Å². The highest BCUT2D eigenvalue weighted by Gasteiger charge is 2.72. The van der Waals surface area contributed by atoms with E-state index in [1.165, 1.54) is 19.2 Å². The van der Waals surface area contributed by atoms with E-state index in [9.17, 15) is 24.5 Å². The second kappa shape index (κ2) is 8.74. The van der Waals surface area contributed by atoms with Crippen molar-refractivity contribution in [1.29, 1.82) is 0 Å². The first-order chi connectivity index (χ1) is 16.8. The van der Waals surface area contributed by atoms with Crippen molar-refractivity contribution in [1.82, 2.24) is 9.80 Å². The molecule has 2 aromatic carbocycles. The first kappa shape index (κ1) is 22.9. The first-order valence-corrected chi connectivity index (χ1v) is 11.6. The summed E-state index contributed by atoms with van der Waals surface area (Å²) in [6, 6.07) is 14.9. The van der Waals surface area contributed by atoms with Crippen molar-refractivity contribution >= 4 is 29.5 Å². The smallest absolute Gasteiger partial charge is 0.327 e. The molecule has 4 atom stereocenters. The van der Waals surface area contributed by atoms with Crippen molar-refractivity contribution in [3.05, 3.63) is 81.9 Å². The summed E-state index contributed by atoms with van der Waals surface area (Å²) in [6.45, 7) is 0.654. The van der Waals surface area contributed by atoms with Gasteiger partial charge in [0.15, 0.2) is 0 Å². The molecule has 3 heterocycles. The monoisotopic (exact) mass is 475 g/mol. The van der Waals surface area contributed by atoms with Crippen LogP contribution in [0.15, 0.2) is 60.7 Å². The molecule has 0 N–H and O–H groups in total. The lowest BCUT2D eigenvalue weighted by Gasteiger charge is -2.35. The van der Waals surface area contributed by atoms with Gasteiger partial charge in [0.05, 0.1) is 16.8 Å². The van der Waals surface area contributed by atoms with Crippen LogP contribution in [0.5, 0.6) is 0 Å². The SMILES string of the molecule is CN1C(=O)[C@H]2[C@@H](C1=O)[C@@]1(C(=O)OCc3ccccc3)CCCN1[C@H]2/C=C/c1ccc([N+](=O)[O-])cc1. The summed E-state index contributed by atoms with van der Waals surface area (Å²) >= 11 is 0. The molecule has 3 aliphatic heterocycles. The number of nitro benzene ring substituents is 1. The molecule has 0 aromatic heterocycles. The highest BCUT2D eigenvalue weighted by Crippen LogP contribution is 2.54. The van der Waals surface area contributed by atoms with E-state index in [4.69, 9.17) is 4.74 Å². The number of non-ortho nitro benzene ring substituents is 1. The van der Waals surface area contributed by atoms with Gasteiger partial charge < -0.3 is 4.74 Å². The maximum atomic E-state index is 13.6. The van der Waals surface area contributed by atoms with Crippen LogP contribution in [-0.4, -0.2) is 57.7 Å². The number of hydrogen-bond donors (Lipinski definition) is 0. The fourth-order valence-electron chi connectivity index (χ4n) is 5.82. The number of hydrogen-bond acceptors (Lipinski definition) is 7. The molecule has 0 saturated carbocycles. The Kier molecular flexibility index (Phi) is 5.72. The Balaban J connectivity index is 1.47. The maximum Gasteiger partial charge on any atom is 0.327 e. The quantitative estimate of drug-likeness (QED) is 0.273. The number of rotatable bonds is 6. The van der Waals surface area contributed by atoms with Crippen molar-refractivity contribution in [2.75, 3.05) is 13.6 Å². The van der Waals surface area contributed by atoms with E-state index in [1.807, 2.05) is 41.3 Å². The number of likely N-dealkylation sites (tertiary alicyclic amines) is 1. The summed E-state index contributed by atoms with van der Waals surface area (Å²) in [7, 11) is 1.46. The second-order valence-corrected chi connectivity index (χ2v) is 9.22. The zero-order valence-electron chi connectivity index (χ0n) is 19.2. The normalized spacial score (nSPS) is 27.9. The van der Waals surface area contributed by atoms with Gasteiger partial charge in [0.25, 0.3) is 5.69 Å². The van der Waals surface area contributed by atoms with Crippen LogP contribution in [0.3, 0.4) is 0 Å². The van der Waals surface area contributed by atoms with Crippen LogP contribution < -0.4 is 0 Å². The van der Waals surface area contributed by atoms with Gasteiger partial charge in [-0.2, -0.15) is 0 Å². The Morgan fingerprint density at radius 1 is 1.14 bits per heavy atom. The molecule has 9 nitrogen and oxygen atoms in total. The van der Waals surface area contributed by atoms with Crippen LogP contribution in [0, 0.1) is 22.0 Å². The molecule has 0 bridgehead atoms. The van der Waals surface area contributed by atoms with E-state index >= 15 is 0 Å². The van der Waals surface area contributed by atoms with Crippen molar-refractivity contribution in [2.24, 2.45) is 11.8 Å². The standard InChI is InChI=1S/C26H25N3O6/c1-27-23(30)21-20(13-10-17-8-11-19(12-9-17)29(33)34)28-15-5-14-26(28,22(21)24(27)31)25(32)35-16-18-6-3-2-4-7-18/h2-4,6-13,20-22H,5,14-16H2,1H3/b13-10+/t20-,21+,22-,26+/m0/s1. The minimum atomic E-state index is -1.19. The third-order valence-electron chi connectivity index (χ3n) is 7.44. The van der Waals surface area contributed by atoms with E-state index in [0.717, 1.165) is 16.0 Å². The lowest BCUT2D eigenvalue weighted by Crippen LogP contribution is -2.55. The third-order valence-corrected chi connectivity index (χ3v) is 7.44. The van der Waals surface area contributed by atoms with Gasteiger partial charge in [-0.25, -0.2) is 0 Å². The number of amides is 2. The predicted molar refractivity (Wildman–Crippen MR) is 126 cm³/mol. The number of imide groups is 1. The first-order valence-electron chi connectivity index (χ1n) is 11.6. The summed E-state index contributed by atoms with van der Waals surface area (Å²) < 4.78 is 5.74. The zero-order valence-corrected chi connectivity index (χ0v) is 19.2. The summed E-state index contributed by atoms with van der Waals surface area (Å²) in [5.74, 6) is -2.63. The van der Waals surface area contributed by atoms with Gasteiger partial charge in [0.2, 0.25) is 11.8 Å². The van der Waals surface area contributed by atoms with E-state index in [0.29, 0.717) is 19.4 Å². The topological polar surface area (TPSA) is 110 Å². The molecular weight excluding hydrogens is 450 g/mol. The summed E-state index contributed by atoms with van der Waals surface area (Å²) in [4.78, 5) is 53.5. The molecule has 0 spiro atoms. The number of ether oxygens (including phenoxy) is 1. The van der Waals surface area contributed by atoms with Crippen molar-refractivity contribution in [3.63, 3.8) is 0 Å². The molecule has 2 amide bonds. The highest BCUT2D eigenvalue weighted by atomic mass is 16.6. The number of fused-ring (bicyclic) bond motifs is 3. The molecule has 0 radical (unpaired) electrons. The van der Waals surface area contributed by atoms with Crippen molar-refractivity contribution in [2.45, 2.75) is 31.0 Å². The van der Waals surface area contributed by atoms with Crippen LogP contribution in [0.4, 0.5) is 5.69 Å². The third kappa shape index (κ3) is 3.63. The largest absolute Gasteiger partial charge is 0.459 e. The van der Waals surface area contributed by atoms with Gasteiger partial charge in [0.1, 0.15) is 12.1 Å². The van der Waals surface area contributed by atoms with Gasteiger partial charge in [-0.1, -0.05) is 42.5 Å². The van der Waals surface area contributed by atoms with E-state index in [2.05, 4.69) is 0 Å². The predicted octanol–water partition coefficient (Wildman–Crippen LogP) is 2.80. The highest BCUT2D eigenvalue weighted by molar-refractivity contribution is 6.09. The Morgan fingerprint density at radius 2 is 1.86 bits per heavy atom. The van der Waals surface area contributed by atoms with E-state index in [-0.39, 0.29) is 24.1 Å². The van der Waals surface area contributed by atoms with Crippen LogP contribution >= 0.6 is 0 Å². The number of esters is 1. The molecule has 0 aliphatic carbocycles. The Bertz CT molecular complexity index is 1210. The number of benzene rings is 2. The van der Waals surface area contributed by atoms with Crippen LogP contribution in [0.1, 0.15) is 24.0 Å². The minimum Gasteiger partial charge on any atom is -0.459 e. The molecule has 2 aromatic rings. The Hall–Kier alpha value is -3.85. The maximum absolute atomic E-state index is 13.6. The molecule has 180 valence electrons. The summed E-state index contributed by atoms with van der Waals surface area (Å²) in [5.41, 5.74) is 0.361. The number of carbonyl (C=O) groups is 3. The van der Waals surface area contributed by atoms with E-state index in [1.54, 1.807) is 18.2 Å². The van der Waals surface area contributed by atoms with E-state index < -0.39 is 34.3 Å². The zero-order chi connectivity index (χ0) is 24.7. The molecule has 0 unspecified atom stereocenters. The van der Waals surface area contributed by atoms with Gasteiger partial charge in [0, 0.05) is 25.2 Å². The van der Waals surface area contributed by atoms with Gasteiger partial charge in [-0.15, -0.1) is 0 Å². The van der Waals surface area contributed by atoms with Crippen molar-refractivity contribution in [3.8, 4) is 0 Å². The average molecular weight is 476 g/mol. The minimum absolute atomic E-state index is 0.0130. The second-order valence-electron chi connectivity index (χ2n) is 9.22. The van der Waals surface area contributed by atoms with Crippen LogP contribution in [0.2, 0.25) is 0 Å². The number of carbonyl (C=O) groups excluding carboxylic acids is 3. The van der Waals surface area contributed by atoms with Crippen LogP contribution in [0.25, 0.3) is 6.08 Å². The van der Waals surface area contributed by atoms with Gasteiger partial charge in [-0.3, -0.25) is 34.3 Å². The van der Waals surface area contributed by atoms with Gasteiger partial charge >= 0.3 is 5.97 Å². The molecule has 9 heteroatoms. The molecule has 5 rings (SSSR count).